The molecule has 76 valence electrons. The summed E-state index contributed by atoms with van der Waals surface area (Å²) in [6.07, 6.45) is 4.23. The van der Waals surface area contributed by atoms with Crippen molar-refractivity contribution < 1.29 is 4.74 Å². The lowest BCUT2D eigenvalue weighted by atomic mass is 10.2. The molecule has 0 saturated carbocycles. The summed E-state index contributed by atoms with van der Waals surface area (Å²) in [5.41, 5.74) is 1.16. The molecule has 1 aromatic carbocycles. The van der Waals surface area contributed by atoms with E-state index in [-0.39, 0.29) is 0 Å². The number of hydrogen-bond donors (Lipinski definition) is 0. The zero-order valence-electron chi connectivity index (χ0n) is 8.34. The second-order valence-electron chi connectivity index (χ2n) is 3.72. The Balaban J connectivity index is 1.93. The molecule has 2 heterocycles. The monoisotopic (exact) mass is 200 g/mol. The SMILES string of the molecule is c1ccc(-c2nccn2CC2CO2)cc1. The minimum atomic E-state index is 0.390. The number of epoxide rings is 1. The maximum atomic E-state index is 5.22. The van der Waals surface area contributed by atoms with E-state index in [1.807, 2.05) is 30.6 Å². The molecule has 15 heavy (non-hydrogen) atoms. The quantitative estimate of drug-likeness (QED) is 0.709. The highest BCUT2D eigenvalue weighted by atomic mass is 16.6. The van der Waals surface area contributed by atoms with Gasteiger partial charge in [-0.25, -0.2) is 4.98 Å². The van der Waals surface area contributed by atoms with Gasteiger partial charge in [-0.2, -0.15) is 0 Å². The Kier molecular flexibility index (Phi) is 2.03. The van der Waals surface area contributed by atoms with Crippen molar-refractivity contribution in [3.8, 4) is 11.4 Å². The predicted octanol–water partition coefficient (Wildman–Crippen LogP) is 1.95. The molecule has 1 saturated heterocycles. The standard InChI is InChI=1S/C12H12N2O/c1-2-4-10(5-3-1)12-13-6-7-14(12)8-11-9-15-11/h1-7,11H,8-9H2. The third kappa shape index (κ3) is 1.78. The molecule has 3 nitrogen and oxygen atoms in total. The van der Waals surface area contributed by atoms with Crippen molar-refractivity contribution in [3.63, 3.8) is 0 Å². The molecule has 1 atom stereocenters. The van der Waals surface area contributed by atoms with Gasteiger partial charge in [0.25, 0.3) is 0 Å². The zero-order valence-corrected chi connectivity index (χ0v) is 8.34. The molecule has 1 unspecified atom stereocenters. The van der Waals surface area contributed by atoms with Gasteiger partial charge < -0.3 is 9.30 Å². The summed E-state index contributed by atoms with van der Waals surface area (Å²) >= 11 is 0. The van der Waals surface area contributed by atoms with Crippen molar-refractivity contribution in [2.45, 2.75) is 12.6 Å². The molecule has 0 radical (unpaired) electrons. The molecule has 1 aromatic heterocycles. The van der Waals surface area contributed by atoms with Gasteiger partial charge in [-0.3, -0.25) is 0 Å². The summed E-state index contributed by atoms with van der Waals surface area (Å²) in [7, 11) is 0. The molecular weight excluding hydrogens is 188 g/mol. The fourth-order valence-electron chi connectivity index (χ4n) is 1.70. The molecule has 0 spiro atoms. The number of rotatable bonds is 3. The van der Waals surface area contributed by atoms with Crippen LogP contribution in [-0.2, 0) is 11.3 Å². The van der Waals surface area contributed by atoms with Gasteiger partial charge in [-0.05, 0) is 0 Å². The van der Waals surface area contributed by atoms with Gasteiger partial charge in [-0.1, -0.05) is 30.3 Å². The normalized spacial score (nSPS) is 19.1. The van der Waals surface area contributed by atoms with Crippen LogP contribution in [0.15, 0.2) is 42.7 Å². The number of ether oxygens (including phenoxy) is 1. The molecule has 3 heteroatoms. The van der Waals surface area contributed by atoms with Crippen molar-refractivity contribution in [1.82, 2.24) is 9.55 Å². The average Bonchev–Trinajstić information content (AvgIpc) is 2.96. The molecule has 0 amide bonds. The van der Waals surface area contributed by atoms with E-state index in [0.717, 1.165) is 24.5 Å². The van der Waals surface area contributed by atoms with Gasteiger partial charge in [0.1, 0.15) is 5.82 Å². The Labute approximate surface area is 88.3 Å². The highest BCUT2D eigenvalue weighted by molar-refractivity contribution is 5.55. The van der Waals surface area contributed by atoms with Gasteiger partial charge in [-0.15, -0.1) is 0 Å². The molecular formula is C12H12N2O. The van der Waals surface area contributed by atoms with E-state index in [9.17, 15) is 0 Å². The highest BCUT2D eigenvalue weighted by Gasteiger charge is 2.23. The van der Waals surface area contributed by atoms with E-state index in [2.05, 4.69) is 21.7 Å². The Bertz CT molecular complexity index is 446. The highest BCUT2D eigenvalue weighted by Crippen LogP contribution is 2.20. The summed E-state index contributed by atoms with van der Waals surface area (Å²) in [5, 5.41) is 0. The van der Waals surface area contributed by atoms with Crippen LogP contribution >= 0.6 is 0 Å². The lowest BCUT2D eigenvalue weighted by Gasteiger charge is -2.05. The predicted molar refractivity (Wildman–Crippen MR) is 57.4 cm³/mol. The summed E-state index contributed by atoms with van der Waals surface area (Å²) < 4.78 is 7.37. The number of hydrogen-bond acceptors (Lipinski definition) is 2. The minimum Gasteiger partial charge on any atom is -0.371 e. The van der Waals surface area contributed by atoms with Crippen LogP contribution in [0.2, 0.25) is 0 Å². The fraction of sp³-hybridized carbons (Fsp3) is 0.250. The molecule has 0 aliphatic carbocycles. The first kappa shape index (κ1) is 8.68. The molecule has 1 aliphatic heterocycles. The maximum absolute atomic E-state index is 5.22. The Morgan fingerprint density at radius 1 is 1.33 bits per heavy atom. The molecule has 1 aliphatic rings. The zero-order chi connectivity index (χ0) is 10.1. The van der Waals surface area contributed by atoms with Crippen LogP contribution in [0.1, 0.15) is 0 Å². The Morgan fingerprint density at radius 3 is 2.87 bits per heavy atom. The van der Waals surface area contributed by atoms with Crippen LogP contribution in [0.5, 0.6) is 0 Å². The first-order chi connectivity index (χ1) is 7.43. The smallest absolute Gasteiger partial charge is 0.139 e. The lowest BCUT2D eigenvalue weighted by molar-refractivity contribution is 0.383. The van der Waals surface area contributed by atoms with Crippen molar-refractivity contribution in [1.29, 1.82) is 0 Å². The number of aromatic nitrogens is 2. The van der Waals surface area contributed by atoms with Crippen molar-refractivity contribution in [2.24, 2.45) is 0 Å². The third-order valence-corrected chi connectivity index (χ3v) is 2.55. The molecule has 3 rings (SSSR count). The molecule has 1 fully saturated rings. The summed E-state index contributed by atoms with van der Waals surface area (Å²) in [5.74, 6) is 1.02. The van der Waals surface area contributed by atoms with E-state index in [1.165, 1.54) is 0 Å². The Morgan fingerprint density at radius 2 is 2.13 bits per heavy atom. The van der Waals surface area contributed by atoms with E-state index in [4.69, 9.17) is 4.74 Å². The largest absolute Gasteiger partial charge is 0.371 e. The van der Waals surface area contributed by atoms with Crippen LogP contribution in [0, 0.1) is 0 Å². The topological polar surface area (TPSA) is 30.4 Å². The summed E-state index contributed by atoms with van der Waals surface area (Å²) in [6, 6.07) is 10.2. The number of benzene rings is 1. The van der Waals surface area contributed by atoms with Gasteiger partial charge in [0, 0.05) is 18.0 Å². The van der Waals surface area contributed by atoms with E-state index < -0.39 is 0 Å². The van der Waals surface area contributed by atoms with E-state index in [0.29, 0.717) is 6.10 Å². The van der Waals surface area contributed by atoms with Crippen molar-refractivity contribution >= 4 is 0 Å². The van der Waals surface area contributed by atoms with Gasteiger partial charge in [0.05, 0.1) is 19.3 Å². The van der Waals surface area contributed by atoms with E-state index in [1.54, 1.807) is 0 Å². The summed E-state index contributed by atoms with van der Waals surface area (Å²) in [6.45, 7) is 1.79. The second kappa shape index (κ2) is 3.51. The van der Waals surface area contributed by atoms with Crippen LogP contribution in [0.4, 0.5) is 0 Å². The first-order valence-electron chi connectivity index (χ1n) is 5.11. The first-order valence-corrected chi connectivity index (χ1v) is 5.11. The maximum Gasteiger partial charge on any atom is 0.139 e. The Hall–Kier alpha value is -1.61. The van der Waals surface area contributed by atoms with Gasteiger partial charge >= 0.3 is 0 Å². The third-order valence-electron chi connectivity index (χ3n) is 2.55. The van der Waals surface area contributed by atoms with Gasteiger partial charge in [0.15, 0.2) is 0 Å². The second-order valence-corrected chi connectivity index (χ2v) is 3.72. The van der Waals surface area contributed by atoms with Crippen molar-refractivity contribution in [2.75, 3.05) is 6.61 Å². The van der Waals surface area contributed by atoms with Crippen molar-refractivity contribution in [3.05, 3.63) is 42.7 Å². The van der Waals surface area contributed by atoms with Gasteiger partial charge in [0.2, 0.25) is 0 Å². The van der Waals surface area contributed by atoms with Crippen LogP contribution < -0.4 is 0 Å². The molecule has 2 aromatic rings. The molecule has 0 bridgehead atoms. The van der Waals surface area contributed by atoms with Crippen LogP contribution in [0.3, 0.4) is 0 Å². The molecule has 0 N–H and O–H groups in total. The number of imidazole rings is 1. The van der Waals surface area contributed by atoms with Crippen LogP contribution in [0.25, 0.3) is 11.4 Å². The summed E-state index contributed by atoms with van der Waals surface area (Å²) in [4.78, 5) is 4.37. The fourth-order valence-corrected chi connectivity index (χ4v) is 1.70. The minimum absolute atomic E-state index is 0.390. The average molecular weight is 200 g/mol. The number of nitrogens with zero attached hydrogens (tertiary/aromatic N) is 2. The van der Waals surface area contributed by atoms with E-state index >= 15 is 0 Å². The lowest BCUT2D eigenvalue weighted by Crippen LogP contribution is -2.04. The van der Waals surface area contributed by atoms with Crippen LogP contribution in [-0.4, -0.2) is 22.3 Å².